The highest BCUT2D eigenvalue weighted by Crippen LogP contribution is 2.26. The largest absolute Gasteiger partial charge is 0.493 e. The van der Waals surface area contributed by atoms with Crippen LogP contribution < -0.4 is 4.74 Å². The maximum Gasteiger partial charge on any atom is 0.372 e. The van der Waals surface area contributed by atoms with Gasteiger partial charge in [0.05, 0.1) is 12.2 Å². The smallest absolute Gasteiger partial charge is 0.372 e. The van der Waals surface area contributed by atoms with E-state index < -0.39 is 0 Å². The molecule has 0 spiro atoms. The minimum atomic E-state index is -0.347. The van der Waals surface area contributed by atoms with Gasteiger partial charge in [0, 0.05) is 0 Å². The summed E-state index contributed by atoms with van der Waals surface area (Å²) >= 11 is 1.03. The number of benzene rings is 1. The van der Waals surface area contributed by atoms with Crippen LogP contribution in [-0.2, 0) is 4.74 Å². The molecule has 1 rings (SSSR count). The molecule has 0 amide bonds. The van der Waals surface area contributed by atoms with E-state index >= 15 is 0 Å². The van der Waals surface area contributed by atoms with Crippen LogP contribution in [0, 0.1) is 0 Å². The van der Waals surface area contributed by atoms with Gasteiger partial charge in [-0.1, -0.05) is 25.6 Å². The molecule has 0 saturated carbocycles. The van der Waals surface area contributed by atoms with E-state index in [4.69, 9.17) is 9.47 Å². The Morgan fingerprint density at radius 3 is 2.76 bits per heavy atom. The van der Waals surface area contributed by atoms with Crippen molar-refractivity contribution < 1.29 is 14.3 Å². The lowest BCUT2D eigenvalue weighted by Gasteiger charge is -2.12. The van der Waals surface area contributed by atoms with Crippen LogP contribution in [0.5, 0.6) is 5.75 Å². The van der Waals surface area contributed by atoms with Crippen molar-refractivity contribution in [2.24, 2.45) is 0 Å². The minimum Gasteiger partial charge on any atom is -0.493 e. The summed E-state index contributed by atoms with van der Waals surface area (Å²) in [7, 11) is 0. The van der Waals surface area contributed by atoms with Gasteiger partial charge >= 0.3 is 5.30 Å². The molecule has 0 aliphatic carbocycles. The van der Waals surface area contributed by atoms with Crippen LogP contribution in [-0.4, -0.2) is 18.2 Å². The van der Waals surface area contributed by atoms with Crippen LogP contribution in [0.25, 0.3) is 5.76 Å². The molecular weight excluding hydrogens is 236 g/mol. The third-order valence-corrected chi connectivity index (χ3v) is 2.44. The SMILES string of the molecule is C=C(OCCC)c1ccccc1OC(=O)SC. The van der Waals surface area contributed by atoms with E-state index in [0.29, 0.717) is 23.7 Å². The summed E-state index contributed by atoms with van der Waals surface area (Å²) in [5.41, 5.74) is 0.711. The van der Waals surface area contributed by atoms with Crippen LogP contribution in [0.15, 0.2) is 30.8 Å². The van der Waals surface area contributed by atoms with Crippen molar-refractivity contribution in [2.45, 2.75) is 13.3 Å². The first-order valence-corrected chi connectivity index (χ1v) is 6.58. The quantitative estimate of drug-likeness (QED) is 0.587. The van der Waals surface area contributed by atoms with Crippen LogP contribution in [0.2, 0.25) is 0 Å². The van der Waals surface area contributed by atoms with Crippen molar-refractivity contribution in [1.82, 2.24) is 0 Å². The topological polar surface area (TPSA) is 35.5 Å². The number of ether oxygens (including phenoxy) is 2. The van der Waals surface area contributed by atoms with Crippen LogP contribution in [0.3, 0.4) is 0 Å². The van der Waals surface area contributed by atoms with Gasteiger partial charge in [-0.25, -0.2) is 4.79 Å². The summed E-state index contributed by atoms with van der Waals surface area (Å²) in [5.74, 6) is 1.00. The number of rotatable bonds is 5. The summed E-state index contributed by atoms with van der Waals surface area (Å²) in [4.78, 5) is 11.2. The molecule has 0 saturated heterocycles. The molecule has 0 unspecified atom stereocenters. The molecule has 0 fully saturated rings. The first-order chi connectivity index (χ1) is 8.19. The van der Waals surface area contributed by atoms with Crippen molar-refractivity contribution in [3.05, 3.63) is 36.4 Å². The van der Waals surface area contributed by atoms with Crippen molar-refractivity contribution in [3.8, 4) is 5.75 Å². The van der Waals surface area contributed by atoms with Crippen LogP contribution in [0.1, 0.15) is 18.9 Å². The van der Waals surface area contributed by atoms with Crippen molar-refractivity contribution in [1.29, 1.82) is 0 Å². The van der Waals surface area contributed by atoms with Gasteiger partial charge in [0.15, 0.2) is 0 Å². The summed E-state index contributed by atoms with van der Waals surface area (Å²) in [6.07, 6.45) is 2.58. The van der Waals surface area contributed by atoms with E-state index in [1.807, 2.05) is 19.1 Å². The molecule has 0 atom stereocenters. The predicted octanol–water partition coefficient (Wildman–Crippen LogP) is 3.95. The Morgan fingerprint density at radius 2 is 2.12 bits per heavy atom. The number of carbonyl (C=O) groups excluding carboxylic acids is 1. The maximum atomic E-state index is 11.2. The van der Waals surface area contributed by atoms with Crippen LogP contribution in [0.4, 0.5) is 4.79 Å². The molecule has 0 aromatic heterocycles. The molecule has 0 heterocycles. The van der Waals surface area contributed by atoms with E-state index in [2.05, 4.69) is 6.58 Å². The molecule has 1 aromatic rings. The maximum absolute atomic E-state index is 11.2. The summed E-state index contributed by atoms with van der Waals surface area (Å²) in [5, 5.41) is -0.347. The number of para-hydroxylation sites is 1. The third-order valence-electron chi connectivity index (χ3n) is 2.03. The lowest BCUT2D eigenvalue weighted by molar-refractivity contribution is 0.226. The second-order valence-corrected chi connectivity index (χ2v) is 4.07. The van der Waals surface area contributed by atoms with E-state index in [0.717, 1.165) is 18.2 Å². The van der Waals surface area contributed by atoms with Gasteiger partial charge in [0.2, 0.25) is 0 Å². The molecule has 0 bridgehead atoms. The Balaban J connectivity index is 2.83. The number of thioether (sulfide) groups is 1. The molecule has 17 heavy (non-hydrogen) atoms. The van der Waals surface area contributed by atoms with Gasteiger partial charge in [-0.2, -0.15) is 0 Å². The first-order valence-electron chi connectivity index (χ1n) is 5.36. The summed E-state index contributed by atoms with van der Waals surface area (Å²) in [6, 6.07) is 7.21. The zero-order chi connectivity index (χ0) is 12.7. The number of carbonyl (C=O) groups is 1. The summed E-state index contributed by atoms with van der Waals surface area (Å²) < 4.78 is 10.6. The molecule has 3 nitrogen and oxygen atoms in total. The van der Waals surface area contributed by atoms with E-state index in [1.165, 1.54) is 0 Å². The van der Waals surface area contributed by atoms with E-state index in [1.54, 1.807) is 18.4 Å². The highest BCUT2D eigenvalue weighted by atomic mass is 32.2. The zero-order valence-electron chi connectivity index (χ0n) is 10.1. The fraction of sp³-hybridized carbons (Fsp3) is 0.308. The molecule has 0 radical (unpaired) electrons. The molecule has 0 N–H and O–H groups in total. The highest BCUT2D eigenvalue weighted by Gasteiger charge is 2.10. The molecule has 1 aromatic carbocycles. The van der Waals surface area contributed by atoms with Gasteiger partial charge in [0.25, 0.3) is 0 Å². The Morgan fingerprint density at radius 1 is 1.41 bits per heavy atom. The van der Waals surface area contributed by atoms with Gasteiger partial charge < -0.3 is 9.47 Å². The third kappa shape index (κ3) is 4.15. The molecule has 0 aliphatic rings. The molecule has 0 aliphatic heterocycles. The minimum absolute atomic E-state index is 0.347. The molecule has 4 heteroatoms. The standard InChI is InChI=1S/C13H16O3S/c1-4-9-15-10(2)11-7-5-6-8-12(11)16-13(14)17-3/h5-8H,2,4,9H2,1,3H3. The first kappa shape index (κ1) is 13.6. The number of hydrogen-bond donors (Lipinski definition) is 0. The Labute approximate surface area is 106 Å². The Bertz CT molecular complexity index is 401. The van der Waals surface area contributed by atoms with Crippen molar-refractivity contribution in [2.75, 3.05) is 12.9 Å². The predicted molar refractivity (Wildman–Crippen MR) is 71.3 cm³/mol. The van der Waals surface area contributed by atoms with Crippen molar-refractivity contribution in [3.63, 3.8) is 0 Å². The summed E-state index contributed by atoms with van der Waals surface area (Å²) in [6.45, 7) is 6.46. The normalized spacial score (nSPS) is 9.76. The lowest BCUT2D eigenvalue weighted by atomic mass is 10.2. The molecular formula is C13H16O3S. The fourth-order valence-corrected chi connectivity index (χ4v) is 1.39. The molecule has 92 valence electrons. The second kappa shape index (κ2) is 7.01. The van der Waals surface area contributed by atoms with Gasteiger partial charge in [-0.3, -0.25) is 0 Å². The van der Waals surface area contributed by atoms with E-state index in [9.17, 15) is 4.79 Å². The monoisotopic (exact) mass is 252 g/mol. The average molecular weight is 252 g/mol. The number of hydrogen-bond acceptors (Lipinski definition) is 4. The highest BCUT2D eigenvalue weighted by molar-refractivity contribution is 8.12. The van der Waals surface area contributed by atoms with Crippen LogP contribution >= 0.6 is 11.8 Å². The zero-order valence-corrected chi connectivity index (χ0v) is 10.9. The Hall–Kier alpha value is -1.42. The van der Waals surface area contributed by atoms with E-state index in [-0.39, 0.29) is 5.30 Å². The van der Waals surface area contributed by atoms with Gasteiger partial charge in [-0.15, -0.1) is 0 Å². The average Bonchev–Trinajstić information content (AvgIpc) is 2.36. The van der Waals surface area contributed by atoms with Gasteiger partial charge in [0.1, 0.15) is 11.5 Å². The van der Waals surface area contributed by atoms with Crippen molar-refractivity contribution >= 4 is 22.8 Å². The second-order valence-electron chi connectivity index (χ2n) is 3.32. The fourth-order valence-electron chi connectivity index (χ4n) is 1.22. The lowest BCUT2D eigenvalue weighted by Crippen LogP contribution is -2.03. The van der Waals surface area contributed by atoms with Gasteiger partial charge in [-0.05, 0) is 36.6 Å². The Kier molecular flexibility index (Phi) is 5.63.